The van der Waals surface area contributed by atoms with E-state index in [1.54, 1.807) is 0 Å². The molecule has 0 spiro atoms. The lowest BCUT2D eigenvalue weighted by atomic mass is 10.2. The number of benzene rings is 1. The van der Waals surface area contributed by atoms with Crippen LogP contribution in [0.1, 0.15) is 5.56 Å². The summed E-state index contributed by atoms with van der Waals surface area (Å²) in [5.74, 6) is 0.770. The summed E-state index contributed by atoms with van der Waals surface area (Å²) in [6.45, 7) is 5.07. The molecular weight excluding hydrogens is 162 g/mol. The van der Waals surface area contributed by atoms with Gasteiger partial charge in [-0.05, 0) is 12.6 Å². The smallest absolute Gasteiger partial charge is 0.113 e. The van der Waals surface area contributed by atoms with Crippen LogP contribution in [-0.2, 0) is 11.3 Å². The summed E-state index contributed by atoms with van der Waals surface area (Å²) < 4.78 is 5.41. The van der Waals surface area contributed by atoms with Gasteiger partial charge in [-0.25, -0.2) is 0 Å². The monoisotopic (exact) mass is 177 g/mol. The van der Waals surface area contributed by atoms with Gasteiger partial charge in [0, 0.05) is 0 Å². The maximum absolute atomic E-state index is 5.41. The van der Waals surface area contributed by atoms with E-state index in [0.717, 1.165) is 5.76 Å². The zero-order valence-corrected chi connectivity index (χ0v) is 7.92. The third-order valence-electron chi connectivity index (χ3n) is 1.66. The third kappa shape index (κ3) is 3.76. The van der Waals surface area contributed by atoms with Gasteiger partial charge in [0.05, 0.1) is 6.54 Å². The van der Waals surface area contributed by atoms with Crippen molar-refractivity contribution in [3.05, 3.63) is 48.2 Å². The molecule has 0 radical (unpaired) electrons. The molecule has 0 aliphatic carbocycles. The Morgan fingerprint density at radius 3 is 2.69 bits per heavy atom. The Hall–Kier alpha value is -1.28. The van der Waals surface area contributed by atoms with Crippen LogP contribution in [0.25, 0.3) is 0 Å². The quantitative estimate of drug-likeness (QED) is 0.694. The maximum Gasteiger partial charge on any atom is 0.113 e. The van der Waals surface area contributed by atoms with Crippen LogP contribution in [0.5, 0.6) is 0 Å². The average molecular weight is 177 g/mol. The van der Waals surface area contributed by atoms with Crippen molar-refractivity contribution in [1.29, 1.82) is 0 Å². The Labute approximate surface area is 79.2 Å². The van der Waals surface area contributed by atoms with Gasteiger partial charge in [0.25, 0.3) is 0 Å². The lowest BCUT2D eigenvalue weighted by molar-refractivity contribution is 0.194. The topological polar surface area (TPSA) is 21.3 Å². The van der Waals surface area contributed by atoms with Gasteiger partial charge in [-0.15, -0.1) is 0 Å². The fraction of sp³-hybridized carbons (Fsp3) is 0.273. The minimum atomic E-state index is 0.599. The van der Waals surface area contributed by atoms with E-state index in [2.05, 4.69) is 11.9 Å². The van der Waals surface area contributed by atoms with Gasteiger partial charge in [-0.2, -0.15) is 0 Å². The van der Waals surface area contributed by atoms with E-state index in [0.29, 0.717) is 13.2 Å². The molecule has 2 heteroatoms. The van der Waals surface area contributed by atoms with Crippen LogP contribution in [0.2, 0.25) is 0 Å². The van der Waals surface area contributed by atoms with E-state index >= 15 is 0 Å². The van der Waals surface area contributed by atoms with Crippen molar-refractivity contribution in [2.75, 3.05) is 13.6 Å². The largest absolute Gasteiger partial charge is 0.493 e. The zero-order chi connectivity index (χ0) is 9.52. The van der Waals surface area contributed by atoms with Crippen molar-refractivity contribution < 1.29 is 4.74 Å². The van der Waals surface area contributed by atoms with Crippen molar-refractivity contribution >= 4 is 0 Å². The lowest BCUT2D eigenvalue weighted by Crippen LogP contribution is -2.11. The second-order valence-electron chi connectivity index (χ2n) is 2.84. The molecule has 0 bridgehead atoms. The molecule has 70 valence electrons. The highest BCUT2D eigenvalue weighted by Crippen LogP contribution is 2.03. The summed E-state index contributed by atoms with van der Waals surface area (Å²) >= 11 is 0. The van der Waals surface area contributed by atoms with Crippen molar-refractivity contribution in [3.8, 4) is 0 Å². The molecule has 1 N–H and O–H groups in total. The Kier molecular flexibility index (Phi) is 4.06. The standard InChI is InChI=1S/C11H15NO/c1-10(8-12-2)13-9-11-6-4-3-5-7-11/h3-7,12H,1,8-9H2,2H3. The third-order valence-corrected chi connectivity index (χ3v) is 1.66. The van der Waals surface area contributed by atoms with Crippen LogP contribution in [0.3, 0.4) is 0 Å². The van der Waals surface area contributed by atoms with E-state index in [9.17, 15) is 0 Å². The summed E-state index contributed by atoms with van der Waals surface area (Å²) in [7, 11) is 1.87. The second-order valence-corrected chi connectivity index (χ2v) is 2.84. The lowest BCUT2D eigenvalue weighted by Gasteiger charge is -2.07. The molecule has 0 saturated carbocycles. The molecule has 0 saturated heterocycles. The number of hydrogen-bond donors (Lipinski definition) is 1. The van der Waals surface area contributed by atoms with Gasteiger partial charge in [-0.3, -0.25) is 0 Å². The molecule has 0 unspecified atom stereocenters. The maximum atomic E-state index is 5.41. The predicted molar refractivity (Wildman–Crippen MR) is 54.3 cm³/mol. The number of ether oxygens (including phenoxy) is 1. The molecule has 1 aromatic rings. The molecule has 0 aliphatic heterocycles. The van der Waals surface area contributed by atoms with Crippen LogP contribution in [0, 0.1) is 0 Å². The summed E-state index contributed by atoms with van der Waals surface area (Å²) in [6.07, 6.45) is 0. The van der Waals surface area contributed by atoms with Gasteiger partial charge in [-0.1, -0.05) is 36.9 Å². The number of nitrogens with one attached hydrogen (secondary N) is 1. The zero-order valence-electron chi connectivity index (χ0n) is 7.92. The molecule has 0 aromatic heterocycles. The van der Waals surface area contributed by atoms with E-state index in [1.165, 1.54) is 5.56 Å². The minimum Gasteiger partial charge on any atom is -0.493 e. The first kappa shape index (κ1) is 9.81. The Morgan fingerprint density at radius 1 is 1.38 bits per heavy atom. The van der Waals surface area contributed by atoms with Gasteiger partial charge >= 0.3 is 0 Å². The fourth-order valence-corrected chi connectivity index (χ4v) is 1.01. The van der Waals surface area contributed by atoms with E-state index < -0.39 is 0 Å². The highest BCUT2D eigenvalue weighted by atomic mass is 16.5. The predicted octanol–water partition coefficient (Wildman–Crippen LogP) is 1.94. The molecule has 1 aromatic carbocycles. The normalized spacial score (nSPS) is 9.62. The highest BCUT2D eigenvalue weighted by molar-refractivity contribution is 5.13. The van der Waals surface area contributed by atoms with E-state index in [4.69, 9.17) is 4.74 Å². The number of rotatable bonds is 5. The van der Waals surface area contributed by atoms with Crippen LogP contribution in [0.4, 0.5) is 0 Å². The molecule has 0 aliphatic rings. The van der Waals surface area contributed by atoms with Crippen LogP contribution in [-0.4, -0.2) is 13.6 Å². The molecule has 13 heavy (non-hydrogen) atoms. The van der Waals surface area contributed by atoms with E-state index in [1.807, 2.05) is 37.4 Å². The average Bonchev–Trinajstić information content (AvgIpc) is 2.17. The van der Waals surface area contributed by atoms with Crippen LogP contribution >= 0.6 is 0 Å². The molecule has 0 fully saturated rings. The van der Waals surface area contributed by atoms with Gasteiger partial charge in [0.2, 0.25) is 0 Å². The van der Waals surface area contributed by atoms with Crippen molar-refractivity contribution in [2.24, 2.45) is 0 Å². The summed E-state index contributed by atoms with van der Waals surface area (Å²) in [5, 5.41) is 2.98. The molecular formula is C11H15NO. The second kappa shape index (κ2) is 5.38. The molecule has 2 nitrogen and oxygen atoms in total. The summed E-state index contributed by atoms with van der Waals surface area (Å²) in [6, 6.07) is 10.1. The summed E-state index contributed by atoms with van der Waals surface area (Å²) in [4.78, 5) is 0. The number of hydrogen-bond acceptors (Lipinski definition) is 2. The van der Waals surface area contributed by atoms with Gasteiger partial charge < -0.3 is 10.1 Å². The SMILES string of the molecule is C=C(CNC)OCc1ccccc1. The molecule has 0 amide bonds. The minimum absolute atomic E-state index is 0.599. The van der Waals surface area contributed by atoms with E-state index in [-0.39, 0.29) is 0 Å². The fourth-order valence-electron chi connectivity index (χ4n) is 1.01. The molecule has 0 heterocycles. The van der Waals surface area contributed by atoms with Crippen molar-refractivity contribution in [2.45, 2.75) is 6.61 Å². The Morgan fingerprint density at radius 2 is 2.08 bits per heavy atom. The highest BCUT2D eigenvalue weighted by Gasteiger charge is 1.94. The molecule has 0 atom stereocenters. The Balaban J connectivity index is 2.31. The van der Waals surface area contributed by atoms with Crippen LogP contribution in [0.15, 0.2) is 42.7 Å². The first-order valence-corrected chi connectivity index (χ1v) is 4.32. The van der Waals surface area contributed by atoms with Crippen molar-refractivity contribution in [1.82, 2.24) is 5.32 Å². The summed E-state index contributed by atoms with van der Waals surface area (Å²) in [5.41, 5.74) is 1.17. The Bertz CT molecular complexity index is 256. The van der Waals surface area contributed by atoms with Gasteiger partial charge in [0.1, 0.15) is 12.4 Å². The van der Waals surface area contributed by atoms with Gasteiger partial charge in [0.15, 0.2) is 0 Å². The first-order chi connectivity index (χ1) is 6.33. The number of likely N-dealkylation sites (N-methyl/N-ethyl adjacent to an activating group) is 1. The first-order valence-electron chi connectivity index (χ1n) is 4.32. The van der Waals surface area contributed by atoms with Crippen LogP contribution < -0.4 is 5.32 Å². The molecule has 1 rings (SSSR count). The van der Waals surface area contributed by atoms with Crippen molar-refractivity contribution in [3.63, 3.8) is 0 Å².